The molecule has 0 aliphatic heterocycles. The first kappa shape index (κ1) is 20.2. The Balaban J connectivity index is 1.50. The quantitative estimate of drug-likeness (QED) is 0.761. The molecular weight excluding hydrogens is 352 g/mol. The van der Waals surface area contributed by atoms with Crippen molar-refractivity contribution in [1.29, 1.82) is 0 Å². The first-order chi connectivity index (χ1) is 13.6. The first-order valence-corrected chi connectivity index (χ1v) is 9.87. The van der Waals surface area contributed by atoms with Gasteiger partial charge in [-0.1, -0.05) is 30.3 Å². The van der Waals surface area contributed by atoms with Gasteiger partial charge >= 0.3 is 0 Å². The third kappa shape index (κ3) is 5.04. The molecule has 1 aliphatic carbocycles. The maximum absolute atomic E-state index is 12.5. The molecule has 0 bridgehead atoms. The number of hydrogen-bond acceptors (Lipinski definition) is 4. The summed E-state index contributed by atoms with van der Waals surface area (Å²) < 4.78 is 10.6. The van der Waals surface area contributed by atoms with Crippen LogP contribution in [0.15, 0.2) is 42.5 Å². The number of ether oxygens (including phenoxy) is 2. The summed E-state index contributed by atoms with van der Waals surface area (Å²) in [5.41, 5.74) is 3.79. The van der Waals surface area contributed by atoms with E-state index in [1.165, 1.54) is 11.1 Å². The second-order valence-corrected chi connectivity index (χ2v) is 7.39. The van der Waals surface area contributed by atoms with E-state index in [0.717, 1.165) is 49.3 Å². The Hall–Kier alpha value is -2.53. The van der Waals surface area contributed by atoms with E-state index in [1.807, 2.05) is 25.2 Å². The lowest BCUT2D eigenvalue weighted by atomic mass is 9.88. The predicted molar refractivity (Wildman–Crippen MR) is 111 cm³/mol. The highest BCUT2D eigenvalue weighted by atomic mass is 16.5. The highest BCUT2D eigenvalue weighted by Gasteiger charge is 2.21. The molecule has 0 saturated heterocycles. The minimum absolute atomic E-state index is 0.0801. The van der Waals surface area contributed by atoms with Crippen molar-refractivity contribution in [1.82, 2.24) is 10.2 Å². The summed E-state index contributed by atoms with van der Waals surface area (Å²) in [7, 11) is 5.26. The second-order valence-electron chi connectivity index (χ2n) is 7.39. The number of amides is 1. The van der Waals surface area contributed by atoms with Gasteiger partial charge in [0.25, 0.3) is 0 Å². The fourth-order valence-electron chi connectivity index (χ4n) is 3.82. The highest BCUT2D eigenvalue weighted by Crippen LogP contribution is 2.29. The molecule has 0 fully saturated rings. The standard InChI is InChI=1S/C23H30N2O3/c1-25(14-13-17-11-12-21(27-2)22(15-17)28-3)16-23(26)24-20-10-6-8-18-7-4-5-9-19(18)20/h4-5,7,9,11-12,15,20H,6,8,10,13-14,16H2,1-3H3,(H,24,26)/t20-/m1/s1. The molecule has 150 valence electrons. The summed E-state index contributed by atoms with van der Waals surface area (Å²) in [5, 5.41) is 3.22. The maximum Gasteiger partial charge on any atom is 0.234 e. The van der Waals surface area contributed by atoms with Crippen molar-refractivity contribution in [3.8, 4) is 11.5 Å². The smallest absolute Gasteiger partial charge is 0.234 e. The largest absolute Gasteiger partial charge is 0.493 e. The van der Waals surface area contributed by atoms with Gasteiger partial charge in [0.15, 0.2) is 11.5 Å². The van der Waals surface area contributed by atoms with Crippen LogP contribution in [0.3, 0.4) is 0 Å². The fourth-order valence-corrected chi connectivity index (χ4v) is 3.82. The maximum atomic E-state index is 12.5. The van der Waals surface area contributed by atoms with Gasteiger partial charge in [-0.2, -0.15) is 0 Å². The van der Waals surface area contributed by atoms with Crippen LogP contribution in [0.2, 0.25) is 0 Å². The molecule has 1 atom stereocenters. The van der Waals surface area contributed by atoms with Gasteiger partial charge < -0.3 is 14.8 Å². The van der Waals surface area contributed by atoms with Crippen LogP contribution in [0.5, 0.6) is 11.5 Å². The number of aryl methyl sites for hydroxylation is 1. The molecule has 1 amide bonds. The van der Waals surface area contributed by atoms with Crippen LogP contribution < -0.4 is 14.8 Å². The van der Waals surface area contributed by atoms with Gasteiger partial charge in [0.2, 0.25) is 5.91 Å². The summed E-state index contributed by atoms with van der Waals surface area (Å²) in [6.07, 6.45) is 4.08. The van der Waals surface area contributed by atoms with Gasteiger partial charge in [-0.15, -0.1) is 0 Å². The second kappa shape index (κ2) is 9.60. The lowest BCUT2D eigenvalue weighted by Gasteiger charge is -2.27. The van der Waals surface area contributed by atoms with Gasteiger partial charge in [-0.3, -0.25) is 9.69 Å². The van der Waals surface area contributed by atoms with Crippen LogP contribution in [-0.2, 0) is 17.6 Å². The van der Waals surface area contributed by atoms with Crippen LogP contribution in [0.25, 0.3) is 0 Å². The number of fused-ring (bicyclic) bond motifs is 1. The number of rotatable bonds is 8. The lowest BCUT2D eigenvalue weighted by molar-refractivity contribution is -0.122. The number of carbonyl (C=O) groups is 1. The molecule has 3 rings (SSSR count). The number of nitrogens with zero attached hydrogens (tertiary/aromatic N) is 1. The molecular formula is C23H30N2O3. The van der Waals surface area contributed by atoms with Crippen LogP contribution in [0.1, 0.15) is 35.6 Å². The molecule has 5 heteroatoms. The van der Waals surface area contributed by atoms with E-state index in [4.69, 9.17) is 9.47 Å². The van der Waals surface area contributed by atoms with E-state index >= 15 is 0 Å². The van der Waals surface area contributed by atoms with Crippen molar-refractivity contribution in [2.75, 3.05) is 34.4 Å². The Labute approximate surface area is 167 Å². The molecule has 2 aromatic rings. The van der Waals surface area contributed by atoms with Gasteiger partial charge in [0, 0.05) is 6.54 Å². The van der Waals surface area contributed by atoms with E-state index in [-0.39, 0.29) is 11.9 Å². The number of hydrogen-bond donors (Lipinski definition) is 1. The summed E-state index contributed by atoms with van der Waals surface area (Å²) in [6, 6.07) is 14.5. The number of benzene rings is 2. The number of carbonyl (C=O) groups excluding carboxylic acids is 1. The molecule has 1 N–H and O–H groups in total. The average Bonchev–Trinajstić information content (AvgIpc) is 2.72. The molecule has 1 aliphatic rings. The van der Waals surface area contributed by atoms with Crippen molar-refractivity contribution in [2.45, 2.75) is 31.7 Å². The van der Waals surface area contributed by atoms with E-state index < -0.39 is 0 Å². The third-order valence-corrected chi connectivity index (χ3v) is 5.35. The van der Waals surface area contributed by atoms with Crippen molar-refractivity contribution >= 4 is 5.91 Å². The minimum atomic E-state index is 0.0801. The topological polar surface area (TPSA) is 50.8 Å². The molecule has 5 nitrogen and oxygen atoms in total. The molecule has 0 spiro atoms. The Morgan fingerprint density at radius 3 is 2.71 bits per heavy atom. The molecule has 0 heterocycles. The Morgan fingerprint density at radius 1 is 1.14 bits per heavy atom. The number of nitrogens with one attached hydrogen (secondary N) is 1. The zero-order chi connectivity index (χ0) is 19.9. The third-order valence-electron chi connectivity index (χ3n) is 5.35. The Kier molecular flexibility index (Phi) is 6.93. The van der Waals surface area contributed by atoms with Crippen molar-refractivity contribution < 1.29 is 14.3 Å². The van der Waals surface area contributed by atoms with Gasteiger partial charge in [0.05, 0.1) is 26.8 Å². The number of methoxy groups -OCH3 is 2. The predicted octanol–water partition coefficient (Wildman–Crippen LogP) is 3.37. The van der Waals surface area contributed by atoms with Gasteiger partial charge in [-0.25, -0.2) is 0 Å². The van der Waals surface area contributed by atoms with Crippen molar-refractivity contribution in [3.05, 3.63) is 59.2 Å². The first-order valence-electron chi connectivity index (χ1n) is 9.87. The Morgan fingerprint density at radius 2 is 1.93 bits per heavy atom. The summed E-state index contributed by atoms with van der Waals surface area (Å²) in [6.45, 7) is 1.19. The molecule has 28 heavy (non-hydrogen) atoms. The van der Waals surface area contributed by atoms with Crippen LogP contribution in [0.4, 0.5) is 0 Å². The van der Waals surface area contributed by atoms with E-state index in [2.05, 4.69) is 34.5 Å². The summed E-state index contributed by atoms with van der Waals surface area (Å²) >= 11 is 0. The SMILES string of the molecule is COc1ccc(CCN(C)CC(=O)N[C@@H]2CCCc3ccccc32)cc1OC. The highest BCUT2D eigenvalue weighted by molar-refractivity contribution is 5.78. The molecule has 0 aromatic heterocycles. The summed E-state index contributed by atoms with van der Waals surface area (Å²) in [4.78, 5) is 14.6. The van der Waals surface area contributed by atoms with Crippen molar-refractivity contribution in [2.24, 2.45) is 0 Å². The fraction of sp³-hybridized carbons (Fsp3) is 0.435. The van der Waals surface area contributed by atoms with Crippen molar-refractivity contribution in [3.63, 3.8) is 0 Å². The average molecular weight is 383 g/mol. The Bertz CT molecular complexity index is 806. The zero-order valence-corrected chi connectivity index (χ0v) is 17.0. The molecule has 0 saturated carbocycles. The molecule has 0 radical (unpaired) electrons. The summed E-state index contributed by atoms with van der Waals surface area (Å²) in [5.74, 6) is 1.54. The van der Waals surface area contributed by atoms with E-state index in [1.54, 1.807) is 14.2 Å². The number of likely N-dealkylation sites (N-methyl/N-ethyl adjacent to an activating group) is 1. The van der Waals surface area contributed by atoms with Crippen LogP contribution in [0, 0.1) is 0 Å². The monoisotopic (exact) mass is 382 g/mol. The van der Waals surface area contributed by atoms with Gasteiger partial charge in [-0.05, 0) is 61.6 Å². The normalized spacial score (nSPS) is 15.8. The molecule has 0 unspecified atom stereocenters. The van der Waals surface area contributed by atoms with Crippen LogP contribution in [-0.4, -0.2) is 45.2 Å². The van der Waals surface area contributed by atoms with E-state index in [0.29, 0.717) is 6.54 Å². The lowest BCUT2D eigenvalue weighted by Crippen LogP contribution is -2.38. The zero-order valence-electron chi connectivity index (χ0n) is 17.0. The van der Waals surface area contributed by atoms with Gasteiger partial charge in [0.1, 0.15) is 0 Å². The molecule has 2 aromatic carbocycles. The van der Waals surface area contributed by atoms with E-state index in [9.17, 15) is 4.79 Å². The minimum Gasteiger partial charge on any atom is -0.493 e. The van der Waals surface area contributed by atoms with Crippen LogP contribution >= 0.6 is 0 Å².